The molecule has 0 bridgehead atoms. The van der Waals surface area contributed by atoms with Crippen molar-refractivity contribution in [3.63, 3.8) is 0 Å². The third kappa shape index (κ3) is 6.51. The van der Waals surface area contributed by atoms with Crippen LogP contribution in [0.1, 0.15) is 68.9 Å². The van der Waals surface area contributed by atoms with Crippen LogP contribution >= 0.6 is 0 Å². The summed E-state index contributed by atoms with van der Waals surface area (Å²) < 4.78 is 27.4. The number of nitrogens with one attached hydrogen (secondary N) is 1. The first-order valence-electron chi connectivity index (χ1n) is 11.4. The summed E-state index contributed by atoms with van der Waals surface area (Å²) in [6.45, 7) is 8.50. The van der Waals surface area contributed by atoms with Crippen molar-refractivity contribution < 1.29 is 18.0 Å². The average Bonchev–Trinajstić information content (AvgIpc) is 2.78. The lowest BCUT2D eigenvalue weighted by molar-refractivity contribution is -0.127. The summed E-state index contributed by atoms with van der Waals surface area (Å²) in [7, 11) is -3.65. The monoisotopic (exact) mass is 470 g/mol. The van der Waals surface area contributed by atoms with Crippen molar-refractivity contribution in [1.82, 2.24) is 9.62 Å². The van der Waals surface area contributed by atoms with E-state index in [2.05, 4.69) is 26.1 Å². The third-order valence-electron chi connectivity index (χ3n) is 6.06. The number of benzene rings is 2. The minimum Gasteiger partial charge on any atom is -0.349 e. The second-order valence-corrected chi connectivity index (χ2v) is 11.9. The minimum atomic E-state index is -3.65. The first kappa shape index (κ1) is 25.1. The first-order valence-corrected chi connectivity index (χ1v) is 12.9. The summed E-state index contributed by atoms with van der Waals surface area (Å²) in [6.07, 6.45) is 1.77. The van der Waals surface area contributed by atoms with Crippen molar-refractivity contribution >= 4 is 21.7 Å². The van der Waals surface area contributed by atoms with E-state index in [1.165, 1.54) is 35.5 Å². The van der Waals surface area contributed by atoms with E-state index in [-0.39, 0.29) is 34.0 Å². The van der Waals surface area contributed by atoms with Crippen LogP contribution in [-0.4, -0.2) is 37.5 Å². The van der Waals surface area contributed by atoms with Crippen LogP contribution in [-0.2, 0) is 14.8 Å². The summed E-state index contributed by atoms with van der Waals surface area (Å²) >= 11 is 0. The molecule has 0 aliphatic carbocycles. The Morgan fingerprint density at radius 1 is 1.00 bits per heavy atom. The molecule has 33 heavy (non-hydrogen) atoms. The van der Waals surface area contributed by atoms with Gasteiger partial charge in [-0.15, -0.1) is 0 Å². The molecule has 2 aromatic rings. The number of ketones is 1. The van der Waals surface area contributed by atoms with E-state index in [1.807, 2.05) is 30.3 Å². The summed E-state index contributed by atoms with van der Waals surface area (Å²) in [5, 5.41) is 3.22. The number of piperidine rings is 1. The van der Waals surface area contributed by atoms with Gasteiger partial charge in [0.2, 0.25) is 15.9 Å². The normalized spacial score (nSPS) is 16.8. The molecule has 6 nitrogen and oxygen atoms in total. The van der Waals surface area contributed by atoms with Crippen LogP contribution in [0.5, 0.6) is 0 Å². The molecule has 1 aliphatic rings. The molecular weight excluding hydrogens is 436 g/mol. The fourth-order valence-corrected chi connectivity index (χ4v) is 5.68. The van der Waals surface area contributed by atoms with Crippen LogP contribution in [0.3, 0.4) is 0 Å². The molecular formula is C26H34N2O4S. The molecule has 0 saturated carbocycles. The molecule has 1 heterocycles. The molecule has 0 spiro atoms. The van der Waals surface area contributed by atoms with E-state index < -0.39 is 10.0 Å². The van der Waals surface area contributed by atoms with Crippen molar-refractivity contribution in [2.45, 2.75) is 57.9 Å². The summed E-state index contributed by atoms with van der Waals surface area (Å²) in [5.74, 6) is -0.343. The zero-order chi connectivity index (χ0) is 24.2. The van der Waals surface area contributed by atoms with Gasteiger partial charge in [-0.25, -0.2) is 8.42 Å². The zero-order valence-corrected chi connectivity index (χ0v) is 20.7. The highest BCUT2D eigenvalue weighted by atomic mass is 32.2. The van der Waals surface area contributed by atoms with Crippen LogP contribution < -0.4 is 5.32 Å². The second kappa shape index (κ2) is 10.2. The standard InChI is InChI=1S/C26H34N2O4S/c1-19(29)20-10-12-23(13-11-20)33(31,32)28-16-14-22(15-17-28)25(30)27-24(18-26(2,3)4)21-8-6-5-7-9-21/h5-13,22,24H,14-18H2,1-4H3,(H,27,30). The SMILES string of the molecule is CC(=O)c1ccc(S(=O)(=O)N2CCC(C(=O)NC(CC(C)(C)C)c3ccccc3)CC2)cc1. The van der Waals surface area contributed by atoms with Gasteiger partial charge < -0.3 is 5.32 Å². The van der Waals surface area contributed by atoms with E-state index in [0.29, 0.717) is 31.5 Å². The van der Waals surface area contributed by atoms with Crippen molar-refractivity contribution in [2.75, 3.05) is 13.1 Å². The maximum absolute atomic E-state index is 13.1. The number of hydrogen-bond donors (Lipinski definition) is 1. The average molecular weight is 471 g/mol. The van der Waals surface area contributed by atoms with Gasteiger partial charge in [0.05, 0.1) is 10.9 Å². The van der Waals surface area contributed by atoms with Crippen molar-refractivity contribution in [1.29, 1.82) is 0 Å². The maximum atomic E-state index is 13.1. The van der Waals surface area contributed by atoms with E-state index in [4.69, 9.17) is 0 Å². The van der Waals surface area contributed by atoms with Crippen LogP contribution in [0, 0.1) is 11.3 Å². The lowest BCUT2D eigenvalue weighted by atomic mass is 9.85. The number of rotatable bonds is 7. The number of carbonyl (C=O) groups is 2. The number of hydrogen-bond acceptors (Lipinski definition) is 4. The minimum absolute atomic E-state index is 0.0176. The molecule has 1 N–H and O–H groups in total. The predicted molar refractivity (Wildman–Crippen MR) is 129 cm³/mol. The Kier molecular flexibility index (Phi) is 7.75. The summed E-state index contributed by atoms with van der Waals surface area (Å²) in [6, 6.07) is 15.9. The Balaban J connectivity index is 1.64. The lowest BCUT2D eigenvalue weighted by Crippen LogP contribution is -2.44. The molecule has 3 rings (SSSR count). The molecule has 1 atom stereocenters. The van der Waals surface area contributed by atoms with E-state index in [1.54, 1.807) is 0 Å². The molecule has 0 aromatic heterocycles. The molecule has 2 aromatic carbocycles. The van der Waals surface area contributed by atoms with Gasteiger partial charge in [-0.05, 0) is 49.3 Å². The molecule has 178 valence electrons. The van der Waals surface area contributed by atoms with Crippen LogP contribution in [0.25, 0.3) is 0 Å². The van der Waals surface area contributed by atoms with Gasteiger partial charge in [0.15, 0.2) is 5.78 Å². The van der Waals surface area contributed by atoms with Gasteiger partial charge >= 0.3 is 0 Å². The topological polar surface area (TPSA) is 83.6 Å². The number of Topliss-reactive ketones (excluding diaryl/α,β-unsaturated/α-hetero) is 1. The van der Waals surface area contributed by atoms with Crippen LogP contribution in [0.4, 0.5) is 0 Å². The quantitative estimate of drug-likeness (QED) is 0.600. The molecule has 7 heteroatoms. The molecule has 0 radical (unpaired) electrons. The number of nitrogens with zero attached hydrogens (tertiary/aromatic N) is 1. The first-order chi connectivity index (χ1) is 15.5. The van der Waals surface area contributed by atoms with Gasteiger partial charge in [-0.3, -0.25) is 9.59 Å². The molecule has 1 amide bonds. The third-order valence-corrected chi connectivity index (χ3v) is 7.97. The Hall–Kier alpha value is -2.51. The molecule has 1 unspecified atom stereocenters. The maximum Gasteiger partial charge on any atom is 0.243 e. The second-order valence-electron chi connectivity index (χ2n) is 10.00. The highest BCUT2D eigenvalue weighted by Crippen LogP contribution is 2.31. The number of carbonyl (C=O) groups excluding carboxylic acids is 2. The van der Waals surface area contributed by atoms with Gasteiger partial charge in [-0.2, -0.15) is 4.31 Å². The fraction of sp³-hybridized carbons (Fsp3) is 0.462. The highest BCUT2D eigenvalue weighted by Gasteiger charge is 2.33. The molecule has 1 fully saturated rings. The smallest absolute Gasteiger partial charge is 0.243 e. The largest absolute Gasteiger partial charge is 0.349 e. The highest BCUT2D eigenvalue weighted by molar-refractivity contribution is 7.89. The Bertz CT molecular complexity index is 1070. The predicted octanol–water partition coefficient (Wildman–Crippen LogP) is 4.58. The molecule has 1 saturated heterocycles. The molecule has 1 aliphatic heterocycles. The van der Waals surface area contributed by atoms with E-state index in [9.17, 15) is 18.0 Å². The Morgan fingerprint density at radius 2 is 1.58 bits per heavy atom. The fourth-order valence-electron chi connectivity index (χ4n) is 4.21. The summed E-state index contributed by atoms with van der Waals surface area (Å²) in [5.41, 5.74) is 1.60. The van der Waals surface area contributed by atoms with Gasteiger partial charge in [0.25, 0.3) is 0 Å². The Labute approximate surface area is 197 Å². The van der Waals surface area contributed by atoms with Crippen LogP contribution in [0.15, 0.2) is 59.5 Å². The summed E-state index contributed by atoms with van der Waals surface area (Å²) in [4.78, 5) is 24.7. The van der Waals surface area contributed by atoms with Crippen molar-refractivity contribution in [3.8, 4) is 0 Å². The Morgan fingerprint density at radius 3 is 2.09 bits per heavy atom. The lowest BCUT2D eigenvalue weighted by Gasteiger charge is -2.33. The van der Waals surface area contributed by atoms with Crippen molar-refractivity contribution in [3.05, 3.63) is 65.7 Å². The van der Waals surface area contributed by atoms with Gasteiger partial charge in [0, 0.05) is 24.6 Å². The number of amides is 1. The van der Waals surface area contributed by atoms with Crippen LogP contribution in [0.2, 0.25) is 0 Å². The van der Waals surface area contributed by atoms with Crippen molar-refractivity contribution in [2.24, 2.45) is 11.3 Å². The van der Waals surface area contributed by atoms with Gasteiger partial charge in [-0.1, -0.05) is 63.2 Å². The van der Waals surface area contributed by atoms with E-state index >= 15 is 0 Å². The number of sulfonamides is 1. The zero-order valence-electron chi connectivity index (χ0n) is 19.9. The van der Waals surface area contributed by atoms with Gasteiger partial charge in [0.1, 0.15) is 0 Å². The van der Waals surface area contributed by atoms with E-state index in [0.717, 1.165) is 12.0 Å².